The zero-order valence-electron chi connectivity index (χ0n) is 16.6. The molecule has 1 aliphatic rings. The monoisotopic (exact) mass is 416 g/mol. The van der Waals surface area contributed by atoms with Gasteiger partial charge in [-0.3, -0.25) is 9.59 Å². The first kappa shape index (κ1) is 21.1. The topological polar surface area (TPSA) is 76.7 Å². The molecule has 0 spiro atoms. The molecule has 0 atom stereocenters. The average molecular weight is 417 g/mol. The van der Waals surface area contributed by atoms with Gasteiger partial charge in [0.2, 0.25) is 0 Å². The molecular formula is C22H25ClN2O4. The summed E-state index contributed by atoms with van der Waals surface area (Å²) in [6.45, 7) is 3.35. The second kappa shape index (κ2) is 9.29. The Morgan fingerprint density at radius 1 is 1.10 bits per heavy atom. The van der Waals surface area contributed by atoms with Crippen LogP contribution >= 0.6 is 11.6 Å². The summed E-state index contributed by atoms with van der Waals surface area (Å²) in [5.41, 5.74) is 2.04. The Morgan fingerprint density at radius 3 is 2.45 bits per heavy atom. The normalized spacial score (nSPS) is 15.4. The number of ether oxygens (including phenoxy) is 2. The van der Waals surface area contributed by atoms with Crippen LogP contribution in [0.5, 0.6) is 5.75 Å². The van der Waals surface area contributed by atoms with E-state index < -0.39 is 11.8 Å². The minimum absolute atomic E-state index is 0.285. The van der Waals surface area contributed by atoms with Crippen molar-refractivity contribution in [2.45, 2.75) is 25.2 Å². The third-order valence-electron chi connectivity index (χ3n) is 5.46. The molecule has 2 aromatic carbocycles. The molecule has 0 unspecified atom stereocenters. The molecule has 1 heterocycles. The predicted octanol–water partition coefficient (Wildman–Crippen LogP) is 3.46. The number of amides is 2. The number of rotatable bonds is 5. The molecule has 0 aliphatic carbocycles. The fourth-order valence-corrected chi connectivity index (χ4v) is 3.70. The van der Waals surface area contributed by atoms with Gasteiger partial charge in [-0.15, -0.1) is 0 Å². The number of anilines is 1. The lowest BCUT2D eigenvalue weighted by Gasteiger charge is -2.38. The maximum Gasteiger partial charge on any atom is 0.313 e. The molecule has 3 rings (SSSR count). The highest BCUT2D eigenvalue weighted by Crippen LogP contribution is 2.35. The van der Waals surface area contributed by atoms with E-state index in [1.807, 2.05) is 24.3 Å². The van der Waals surface area contributed by atoms with Crippen LogP contribution in [0.15, 0.2) is 42.5 Å². The van der Waals surface area contributed by atoms with Gasteiger partial charge < -0.3 is 20.1 Å². The molecule has 0 saturated carbocycles. The van der Waals surface area contributed by atoms with Crippen LogP contribution < -0.4 is 15.4 Å². The fourth-order valence-electron chi connectivity index (χ4n) is 3.53. The summed E-state index contributed by atoms with van der Waals surface area (Å²) in [5.74, 6) is -0.618. The van der Waals surface area contributed by atoms with Gasteiger partial charge in [-0.25, -0.2) is 0 Å². The van der Waals surface area contributed by atoms with Crippen molar-refractivity contribution in [2.75, 3.05) is 32.2 Å². The van der Waals surface area contributed by atoms with Gasteiger partial charge in [0.15, 0.2) is 0 Å². The first-order valence-corrected chi connectivity index (χ1v) is 9.89. The number of nitrogens with one attached hydrogen (secondary N) is 2. The van der Waals surface area contributed by atoms with E-state index in [-0.39, 0.29) is 5.41 Å². The van der Waals surface area contributed by atoms with Gasteiger partial charge in [-0.05, 0) is 55.2 Å². The van der Waals surface area contributed by atoms with Crippen molar-refractivity contribution in [2.24, 2.45) is 0 Å². The standard InChI is InChI=1S/C22H25ClN2O4/c1-15-18(23)4-3-5-19(15)25-21(27)20(26)24-14-22(10-12-29-13-11-22)16-6-8-17(28-2)9-7-16/h3-9H,10-14H2,1-2H3,(H,24,26)(H,25,27). The van der Waals surface area contributed by atoms with Gasteiger partial charge >= 0.3 is 11.8 Å². The summed E-state index contributed by atoms with van der Waals surface area (Å²) >= 11 is 6.07. The maximum atomic E-state index is 12.5. The summed E-state index contributed by atoms with van der Waals surface area (Å²) in [6.07, 6.45) is 1.52. The molecule has 29 heavy (non-hydrogen) atoms. The Labute approximate surface area is 175 Å². The molecule has 6 nitrogen and oxygen atoms in total. The quantitative estimate of drug-likeness (QED) is 0.732. The molecule has 0 aromatic heterocycles. The van der Waals surface area contributed by atoms with E-state index >= 15 is 0 Å². The lowest BCUT2D eigenvalue weighted by atomic mass is 9.74. The summed E-state index contributed by atoms with van der Waals surface area (Å²) < 4.78 is 10.8. The van der Waals surface area contributed by atoms with E-state index in [0.29, 0.717) is 30.5 Å². The lowest BCUT2D eigenvalue weighted by Crippen LogP contribution is -2.47. The zero-order chi connectivity index (χ0) is 20.9. The smallest absolute Gasteiger partial charge is 0.313 e. The number of methoxy groups -OCH3 is 1. The van der Waals surface area contributed by atoms with Crippen LogP contribution in [0.1, 0.15) is 24.0 Å². The van der Waals surface area contributed by atoms with Gasteiger partial charge in [-0.2, -0.15) is 0 Å². The average Bonchev–Trinajstić information content (AvgIpc) is 2.76. The van der Waals surface area contributed by atoms with E-state index in [2.05, 4.69) is 10.6 Å². The Morgan fingerprint density at radius 2 is 1.79 bits per heavy atom. The molecule has 0 radical (unpaired) electrons. The highest BCUT2D eigenvalue weighted by Gasteiger charge is 2.35. The number of halogens is 1. The lowest BCUT2D eigenvalue weighted by molar-refractivity contribution is -0.136. The second-order valence-electron chi connectivity index (χ2n) is 7.17. The minimum Gasteiger partial charge on any atom is -0.497 e. The highest BCUT2D eigenvalue weighted by molar-refractivity contribution is 6.40. The van der Waals surface area contributed by atoms with Crippen molar-refractivity contribution in [3.63, 3.8) is 0 Å². The fraction of sp³-hybridized carbons (Fsp3) is 0.364. The first-order chi connectivity index (χ1) is 13.9. The molecule has 2 N–H and O–H groups in total. The van der Waals surface area contributed by atoms with E-state index in [0.717, 1.165) is 29.7 Å². The third kappa shape index (κ3) is 4.89. The zero-order valence-corrected chi connectivity index (χ0v) is 17.3. The molecule has 1 fully saturated rings. The van der Waals surface area contributed by atoms with Crippen molar-refractivity contribution in [3.05, 3.63) is 58.6 Å². The molecular weight excluding hydrogens is 392 g/mol. The van der Waals surface area contributed by atoms with Gasteiger partial charge in [0.25, 0.3) is 0 Å². The molecule has 1 aliphatic heterocycles. The Bertz CT molecular complexity index is 877. The summed E-state index contributed by atoms with van der Waals surface area (Å²) in [4.78, 5) is 24.8. The van der Waals surface area contributed by atoms with Crippen LogP contribution in [0.25, 0.3) is 0 Å². The highest BCUT2D eigenvalue weighted by atomic mass is 35.5. The van der Waals surface area contributed by atoms with Crippen molar-refractivity contribution >= 4 is 29.1 Å². The first-order valence-electron chi connectivity index (χ1n) is 9.52. The van der Waals surface area contributed by atoms with E-state index in [1.54, 1.807) is 32.2 Å². The summed E-state index contributed by atoms with van der Waals surface area (Å²) in [6, 6.07) is 13.0. The number of carbonyl (C=O) groups excluding carboxylic acids is 2. The SMILES string of the molecule is COc1ccc(C2(CNC(=O)C(=O)Nc3cccc(Cl)c3C)CCOCC2)cc1. The van der Waals surface area contributed by atoms with Crippen LogP contribution in [0.3, 0.4) is 0 Å². The van der Waals surface area contributed by atoms with Gasteiger partial charge in [0.1, 0.15) is 5.75 Å². The molecule has 1 saturated heterocycles. The van der Waals surface area contributed by atoms with Crippen molar-refractivity contribution in [1.29, 1.82) is 0 Å². The Balaban J connectivity index is 1.69. The van der Waals surface area contributed by atoms with Crippen LogP contribution in [0.2, 0.25) is 5.02 Å². The van der Waals surface area contributed by atoms with Crippen LogP contribution in [-0.4, -0.2) is 38.7 Å². The summed E-state index contributed by atoms with van der Waals surface area (Å²) in [7, 11) is 1.62. The van der Waals surface area contributed by atoms with E-state index in [4.69, 9.17) is 21.1 Å². The van der Waals surface area contributed by atoms with E-state index in [9.17, 15) is 9.59 Å². The van der Waals surface area contributed by atoms with Crippen LogP contribution in [0, 0.1) is 6.92 Å². The van der Waals surface area contributed by atoms with Gasteiger partial charge in [0.05, 0.1) is 7.11 Å². The number of carbonyl (C=O) groups is 2. The predicted molar refractivity (Wildman–Crippen MR) is 113 cm³/mol. The largest absolute Gasteiger partial charge is 0.497 e. The molecule has 0 bridgehead atoms. The van der Waals surface area contributed by atoms with Crippen LogP contribution in [0.4, 0.5) is 5.69 Å². The number of benzene rings is 2. The van der Waals surface area contributed by atoms with Gasteiger partial charge in [0, 0.05) is 35.9 Å². The molecule has 2 aromatic rings. The summed E-state index contributed by atoms with van der Waals surface area (Å²) in [5, 5.41) is 5.96. The Kier molecular flexibility index (Phi) is 6.77. The Hall–Kier alpha value is -2.57. The third-order valence-corrected chi connectivity index (χ3v) is 5.87. The second-order valence-corrected chi connectivity index (χ2v) is 7.58. The van der Waals surface area contributed by atoms with Crippen LogP contribution in [-0.2, 0) is 19.7 Å². The molecule has 2 amide bonds. The number of hydrogen-bond acceptors (Lipinski definition) is 4. The van der Waals surface area contributed by atoms with Crippen molar-refractivity contribution < 1.29 is 19.1 Å². The van der Waals surface area contributed by atoms with Crippen molar-refractivity contribution in [3.8, 4) is 5.75 Å². The number of hydrogen-bond donors (Lipinski definition) is 2. The molecule has 7 heteroatoms. The maximum absolute atomic E-state index is 12.5. The van der Waals surface area contributed by atoms with Crippen molar-refractivity contribution in [1.82, 2.24) is 5.32 Å². The molecule has 154 valence electrons. The van der Waals surface area contributed by atoms with E-state index in [1.165, 1.54) is 0 Å². The van der Waals surface area contributed by atoms with Gasteiger partial charge in [-0.1, -0.05) is 29.8 Å². The minimum atomic E-state index is -0.715.